The van der Waals surface area contributed by atoms with Crippen molar-refractivity contribution in [3.8, 4) is 0 Å². The standard InChI is InChI=1S/C16H32N4O2.C2H6/c1-14(2)22-15(21)17-16(5-7-18(3)8-6-16)13-20-11-9-19(4)10-12-20;1-2/h14H,5-13H2,1-4H3,(H,17,21);1-2H3. The topological polar surface area (TPSA) is 48.1 Å². The minimum absolute atomic E-state index is 0.0769. The molecule has 0 aliphatic carbocycles. The van der Waals surface area contributed by atoms with Gasteiger partial charge < -0.3 is 19.9 Å². The molecule has 0 spiro atoms. The Hall–Kier alpha value is -0.850. The fourth-order valence-electron chi connectivity index (χ4n) is 3.26. The lowest BCUT2D eigenvalue weighted by molar-refractivity contribution is 0.0599. The third kappa shape index (κ3) is 6.95. The Balaban J connectivity index is 0.00000139. The molecule has 6 nitrogen and oxygen atoms in total. The minimum atomic E-state index is -0.270. The number of hydrogen-bond donors (Lipinski definition) is 1. The molecule has 2 fully saturated rings. The number of nitrogens with zero attached hydrogens (tertiary/aromatic N) is 3. The number of nitrogens with one attached hydrogen (secondary N) is 1. The second-order valence-corrected chi connectivity index (χ2v) is 7.24. The van der Waals surface area contributed by atoms with Gasteiger partial charge in [0.1, 0.15) is 0 Å². The van der Waals surface area contributed by atoms with Crippen molar-refractivity contribution >= 4 is 6.09 Å². The number of likely N-dealkylation sites (N-methyl/N-ethyl adjacent to an activating group) is 1. The summed E-state index contributed by atoms with van der Waals surface area (Å²) in [5.41, 5.74) is -0.144. The third-order valence-electron chi connectivity index (χ3n) is 4.78. The molecule has 0 aromatic rings. The van der Waals surface area contributed by atoms with Gasteiger partial charge in [-0.2, -0.15) is 0 Å². The Labute approximate surface area is 148 Å². The molecule has 0 aromatic carbocycles. The molecule has 142 valence electrons. The molecule has 2 saturated heterocycles. The molecular weight excluding hydrogens is 304 g/mol. The first-order chi connectivity index (χ1) is 11.4. The molecule has 1 N–H and O–H groups in total. The van der Waals surface area contributed by atoms with Gasteiger partial charge in [-0.1, -0.05) is 13.8 Å². The highest BCUT2D eigenvalue weighted by atomic mass is 16.6. The van der Waals surface area contributed by atoms with Gasteiger partial charge in [-0.05, 0) is 40.8 Å². The summed E-state index contributed by atoms with van der Waals surface area (Å²) in [5, 5.41) is 3.20. The van der Waals surface area contributed by atoms with Gasteiger partial charge in [0.2, 0.25) is 0 Å². The number of piperazine rings is 1. The average molecular weight is 343 g/mol. The van der Waals surface area contributed by atoms with E-state index in [1.807, 2.05) is 27.7 Å². The maximum Gasteiger partial charge on any atom is 0.407 e. The number of hydrogen-bond acceptors (Lipinski definition) is 5. The van der Waals surface area contributed by atoms with E-state index in [2.05, 4.69) is 34.1 Å². The molecule has 0 aromatic heterocycles. The number of alkyl carbamates (subject to hydrolysis) is 1. The molecule has 2 aliphatic heterocycles. The highest BCUT2D eigenvalue weighted by Crippen LogP contribution is 2.24. The van der Waals surface area contributed by atoms with E-state index in [9.17, 15) is 4.79 Å². The molecule has 0 radical (unpaired) electrons. The quantitative estimate of drug-likeness (QED) is 0.845. The predicted molar refractivity (Wildman–Crippen MR) is 99.5 cm³/mol. The van der Waals surface area contributed by atoms with E-state index in [4.69, 9.17) is 4.74 Å². The predicted octanol–water partition coefficient (Wildman–Crippen LogP) is 1.86. The molecule has 2 aliphatic rings. The molecule has 6 heteroatoms. The van der Waals surface area contributed by atoms with Crippen molar-refractivity contribution in [2.75, 3.05) is 59.9 Å². The first-order valence-electron chi connectivity index (χ1n) is 9.47. The lowest BCUT2D eigenvalue weighted by atomic mass is 9.87. The Morgan fingerprint density at radius 2 is 1.50 bits per heavy atom. The van der Waals surface area contributed by atoms with Crippen LogP contribution in [0.2, 0.25) is 0 Å². The Morgan fingerprint density at radius 3 is 2.00 bits per heavy atom. The SMILES string of the molecule is CC.CC(C)OC(=O)NC1(CN2CCN(C)CC2)CCN(C)CC1. The van der Waals surface area contributed by atoms with Crippen molar-refractivity contribution < 1.29 is 9.53 Å². The van der Waals surface area contributed by atoms with Gasteiger partial charge in [0.25, 0.3) is 0 Å². The number of amides is 1. The van der Waals surface area contributed by atoms with Crippen LogP contribution in [0.15, 0.2) is 0 Å². The highest BCUT2D eigenvalue weighted by molar-refractivity contribution is 5.68. The van der Waals surface area contributed by atoms with Crippen LogP contribution in [0.5, 0.6) is 0 Å². The van der Waals surface area contributed by atoms with Crippen molar-refractivity contribution in [1.82, 2.24) is 20.0 Å². The summed E-state index contributed by atoms with van der Waals surface area (Å²) in [6.45, 7) is 15.1. The lowest BCUT2D eigenvalue weighted by Crippen LogP contribution is -2.62. The number of ether oxygens (including phenoxy) is 1. The third-order valence-corrected chi connectivity index (χ3v) is 4.78. The van der Waals surface area contributed by atoms with E-state index in [1.165, 1.54) is 0 Å². The second kappa shape index (κ2) is 10.2. The zero-order chi connectivity index (χ0) is 18.2. The molecule has 2 heterocycles. The minimum Gasteiger partial charge on any atom is -0.447 e. The van der Waals surface area contributed by atoms with Crippen LogP contribution in [0, 0.1) is 0 Å². The molecule has 0 unspecified atom stereocenters. The zero-order valence-electron chi connectivity index (χ0n) is 16.6. The molecule has 2 rings (SSSR count). The Morgan fingerprint density at radius 1 is 1.00 bits per heavy atom. The van der Waals surface area contributed by atoms with E-state index in [-0.39, 0.29) is 17.7 Å². The van der Waals surface area contributed by atoms with Gasteiger partial charge in [-0.25, -0.2) is 4.79 Å². The van der Waals surface area contributed by atoms with Crippen LogP contribution >= 0.6 is 0 Å². The van der Waals surface area contributed by atoms with Crippen LogP contribution in [-0.2, 0) is 4.74 Å². The lowest BCUT2D eigenvalue weighted by Gasteiger charge is -2.45. The monoisotopic (exact) mass is 342 g/mol. The van der Waals surface area contributed by atoms with E-state index in [0.29, 0.717) is 0 Å². The Bertz CT molecular complexity index is 360. The van der Waals surface area contributed by atoms with Gasteiger partial charge in [0.05, 0.1) is 11.6 Å². The maximum atomic E-state index is 12.1. The number of piperidine rings is 1. The van der Waals surface area contributed by atoms with Crippen molar-refractivity contribution in [2.24, 2.45) is 0 Å². The smallest absolute Gasteiger partial charge is 0.407 e. The summed E-state index contributed by atoms with van der Waals surface area (Å²) in [6.07, 6.45) is 1.63. The first kappa shape index (κ1) is 21.2. The van der Waals surface area contributed by atoms with E-state index < -0.39 is 0 Å². The summed E-state index contributed by atoms with van der Waals surface area (Å²) in [6, 6.07) is 0. The molecule has 0 bridgehead atoms. The van der Waals surface area contributed by atoms with Crippen LogP contribution in [-0.4, -0.2) is 92.3 Å². The molecule has 1 amide bonds. The van der Waals surface area contributed by atoms with Crippen molar-refractivity contribution in [2.45, 2.75) is 52.2 Å². The Kier molecular flexibility index (Phi) is 9.02. The molecular formula is C18H38N4O2. The van der Waals surface area contributed by atoms with Crippen molar-refractivity contribution in [1.29, 1.82) is 0 Å². The van der Waals surface area contributed by atoms with Crippen LogP contribution in [0.25, 0.3) is 0 Å². The van der Waals surface area contributed by atoms with E-state index in [1.54, 1.807) is 0 Å². The zero-order valence-corrected chi connectivity index (χ0v) is 16.6. The van der Waals surface area contributed by atoms with Crippen molar-refractivity contribution in [3.05, 3.63) is 0 Å². The second-order valence-electron chi connectivity index (χ2n) is 7.24. The highest BCUT2D eigenvalue weighted by Gasteiger charge is 2.37. The maximum absolute atomic E-state index is 12.1. The normalized spacial score (nSPS) is 22.6. The van der Waals surface area contributed by atoms with E-state index >= 15 is 0 Å². The molecule has 0 saturated carbocycles. The van der Waals surface area contributed by atoms with E-state index in [0.717, 1.165) is 58.7 Å². The number of likely N-dealkylation sites (tertiary alicyclic amines) is 1. The summed E-state index contributed by atoms with van der Waals surface area (Å²) >= 11 is 0. The fourth-order valence-corrected chi connectivity index (χ4v) is 3.26. The fraction of sp³-hybridized carbons (Fsp3) is 0.944. The van der Waals surface area contributed by atoms with Crippen LogP contribution < -0.4 is 5.32 Å². The van der Waals surface area contributed by atoms with Gasteiger partial charge in [0, 0.05) is 45.8 Å². The summed E-state index contributed by atoms with van der Waals surface area (Å²) in [4.78, 5) is 19.3. The molecule has 24 heavy (non-hydrogen) atoms. The van der Waals surface area contributed by atoms with Crippen molar-refractivity contribution in [3.63, 3.8) is 0 Å². The summed E-state index contributed by atoms with van der Waals surface area (Å²) < 4.78 is 5.32. The summed E-state index contributed by atoms with van der Waals surface area (Å²) in [7, 11) is 4.31. The number of carbonyl (C=O) groups excluding carboxylic acids is 1. The van der Waals surface area contributed by atoms with Gasteiger partial charge in [-0.15, -0.1) is 0 Å². The van der Waals surface area contributed by atoms with Gasteiger partial charge in [-0.3, -0.25) is 4.90 Å². The largest absolute Gasteiger partial charge is 0.447 e. The van der Waals surface area contributed by atoms with Crippen LogP contribution in [0.4, 0.5) is 4.79 Å². The van der Waals surface area contributed by atoms with Crippen LogP contribution in [0.3, 0.4) is 0 Å². The molecule has 0 atom stereocenters. The van der Waals surface area contributed by atoms with Gasteiger partial charge >= 0.3 is 6.09 Å². The number of carbonyl (C=O) groups is 1. The first-order valence-corrected chi connectivity index (χ1v) is 9.47. The van der Waals surface area contributed by atoms with Crippen LogP contribution in [0.1, 0.15) is 40.5 Å². The number of rotatable bonds is 4. The average Bonchev–Trinajstić information content (AvgIpc) is 2.54. The summed E-state index contributed by atoms with van der Waals surface area (Å²) in [5.74, 6) is 0. The van der Waals surface area contributed by atoms with Gasteiger partial charge in [0.15, 0.2) is 0 Å².